The predicted molar refractivity (Wildman–Crippen MR) is 76.6 cm³/mol. The van der Waals surface area contributed by atoms with E-state index in [0.717, 1.165) is 18.7 Å². The van der Waals surface area contributed by atoms with Gasteiger partial charge < -0.3 is 19.9 Å². The highest BCUT2D eigenvalue weighted by atomic mass is 16.6. The molecular weight excluding hydrogens is 270 g/mol. The van der Waals surface area contributed by atoms with Crippen molar-refractivity contribution in [1.29, 1.82) is 0 Å². The largest absolute Gasteiger partial charge is 0.444 e. The number of amides is 1. The molecule has 0 bridgehead atoms. The Morgan fingerprint density at radius 2 is 2.33 bits per heavy atom. The van der Waals surface area contributed by atoms with E-state index in [1.54, 1.807) is 11.2 Å². The lowest BCUT2D eigenvalue weighted by molar-refractivity contribution is 0.0206. The molecule has 116 valence electrons. The van der Waals surface area contributed by atoms with Crippen LogP contribution in [0.4, 0.5) is 4.79 Å². The molecule has 1 aromatic heterocycles. The van der Waals surface area contributed by atoms with E-state index in [1.165, 1.54) is 0 Å². The number of likely N-dealkylation sites (tertiary alicyclic amines) is 1. The van der Waals surface area contributed by atoms with E-state index in [2.05, 4.69) is 5.16 Å². The van der Waals surface area contributed by atoms with Crippen LogP contribution in [0, 0.1) is 11.8 Å². The highest BCUT2D eigenvalue weighted by Gasteiger charge is 2.67. The molecular formula is C15H23N3O3. The highest BCUT2D eigenvalue weighted by molar-refractivity contribution is 5.68. The van der Waals surface area contributed by atoms with Gasteiger partial charge in [0, 0.05) is 31.1 Å². The van der Waals surface area contributed by atoms with Crippen molar-refractivity contribution >= 4 is 6.09 Å². The number of nitrogens with zero attached hydrogens (tertiary/aromatic N) is 2. The molecule has 1 aliphatic carbocycles. The molecule has 2 fully saturated rings. The van der Waals surface area contributed by atoms with Crippen LogP contribution in [0.1, 0.15) is 32.9 Å². The first-order valence-electron chi connectivity index (χ1n) is 7.47. The number of ether oxygens (including phenoxy) is 1. The van der Waals surface area contributed by atoms with Crippen molar-refractivity contribution in [2.45, 2.75) is 38.2 Å². The summed E-state index contributed by atoms with van der Waals surface area (Å²) in [4.78, 5) is 14.0. The molecule has 2 aliphatic rings. The lowest BCUT2D eigenvalue weighted by atomic mass is 9.97. The van der Waals surface area contributed by atoms with Gasteiger partial charge in [-0.3, -0.25) is 0 Å². The van der Waals surface area contributed by atoms with E-state index in [-0.39, 0.29) is 11.5 Å². The van der Waals surface area contributed by atoms with Crippen molar-refractivity contribution in [3.8, 4) is 0 Å². The van der Waals surface area contributed by atoms with Gasteiger partial charge in [0.2, 0.25) is 0 Å². The Bertz CT molecular complexity index is 523. The Hall–Kier alpha value is -1.56. The van der Waals surface area contributed by atoms with Crippen molar-refractivity contribution < 1.29 is 14.1 Å². The summed E-state index contributed by atoms with van der Waals surface area (Å²) < 4.78 is 10.4. The first-order chi connectivity index (χ1) is 9.88. The highest BCUT2D eigenvalue weighted by Crippen LogP contribution is 2.62. The molecule has 1 saturated heterocycles. The third kappa shape index (κ3) is 2.31. The Labute approximate surface area is 124 Å². The summed E-state index contributed by atoms with van der Waals surface area (Å²) in [5, 5.41) is 4.09. The zero-order valence-corrected chi connectivity index (χ0v) is 12.8. The van der Waals surface area contributed by atoms with Gasteiger partial charge in [0.1, 0.15) is 11.9 Å². The molecule has 3 rings (SSSR count). The van der Waals surface area contributed by atoms with Crippen molar-refractivity contribution in [3.05, 3.63) is 18.0 Å². The van der Waals surface area contributed by atoms with Crippen molar-refractivity contribution in [2.24, 2.45) is 17.6 Å². The number of carbonyl (C=O) groups is 1. The molecule has 6 nitrogen and oxygen atoms in total. The minimum absolute atomic E-state index is 0.121. The summed E-state index contributed by atoms with van der Waals surface area (Å²) in [6, 6.07) is 1.89. The average Bonchev–Trinajstić information content (AvgIpc) is 2.79. The number of carbonyl (C=O) groups excluding carboxylic acids is 1. The number of nitrogens with two attached hydrogens (primary N) is 1. The zero-order valence-electron chi connectivity index (χ0n) is 12.8. The minimum atomic E-state index is -0.464. The monoisotopic (exact) mass is 293 g/mol. The van der Waals surface area contributed by atoms with Crippen LogP contribution in [0.2, 0.25) is 0 Å². The normalized spacial score (nSPS) is 31.7. The summed E-state index contributed by atoms with van der Waals surface area (Å²) in [7, 11) is 0. The van der Waals surface area contributed by atoms with E-state index in [9.17, 15) is 4.79 Å². The molecule has 0 aromatic carbocycles. The summed E-state index contributed by atoms with van der Waals surface area (Å²) >= 11 is 0. The third-order valence-corrected chi connectivity index (χ3v) is 4.73. The molecule has 1 amide bonds. The smallest absolute Gasteiger partial charge is 0.410 e. The Morgan fingerprint density at radius 1 is 1.57 bits per heavy atom. The number of piperidine rings is 1. The van der Waals surface area contributed by atoms with Crippen LogP contribution < -0.4 is 5.73 Å². The van der Waals surface area contributed by atoms with E-state index < -0.39 is 5.60 Å². The Morgan fingerprint density at radius 3 is 2.90 bits per heavy atom. The molecule has 0 radical (unpaired) electrons. The van der Waals surface area contributed by atoms with Crippen molar-refractivity contribution in [2.75, 3.05) is 19.6 Å². The third-order valence-electron chi connectivity index (χ3n) is 4.73. The molecule has 2 heterocycles. The van der Waals surface area contributed by atoms with Crippen LogP contribution >= 0.6 is 0 Å². The summed E-state index contributed by atoms with van der Waals surface area (Å²) in [5.74, 6) is 0.847. The van der Waals surface area contributed by atoms with Crippen LogP contribution in [0.25, 0.3) is 0 Å². The summed E-state index contributed by atoms with van der Waals surface area (Å²) in [6.07, 6.45) is 2.29. The van der Waals surface area contributed by atoms with E-state index in [4.69, 9.17) is 15.0 Å². The van der Waals surface area contributed by atoms with Gasteiger partial charge in [0.15, 0.2) is 0 Å². The second kappa shape index (κ2) is 4.73. The summed E-state index contributed by atoms with van der Waals surface area (Å²) in [6.45, 7) is 7.59. The molecule has 6 heteroatoms. The van der Waals surface area contributed by atoms with Crippen LogP contribution in [0.15, 0.2) is 16.9 Å². The van der Waals surface area contributed by atoms with Gasteiger partial charge in [-0.2, -0.15) is 0 Å². The van der Waals surface area contributed by atoms with Crippen LogP contribution in [-0.4, -0.2) is 41.4 Å². The second-order valence-electron chi connectivity index (χ2n) is 7.06. The topological polar surface area (TPSA) is 81.6 Å². The quantitative estimate of drug-likeness (QED) is 0.898. The predicted octanol–water partition coefficient (Wildman–Crippen LogP) is 1.76. The Kier molecular flexibility index (Phi) is 3.24. The molecule has 1 aromatic rings. The fourth-order valence-corrected chi connectivity index (χ4v) is 3.71. The first kappa shape index (κ1) is 14.4. The number of hydrogen-bond donors (Lipinski definition) is 1. The maximum absolute atomic E-state index is 12.2. The van der Waals surface area contributed by atoms with Gasteiger partial charge in [-0.1, -0.05) is 5.16 Å². The molecule has 3 unspecified atom stereocenters. The molecule has 3 atom stereocenters. The standard InChI is InChI=1S/C15H23N3O3/c1-14(2,3)21-13(19)18-6-4-10-11(8-18)15(10,9-16)12-5-7-20-17-12/h5,7,10-11H,4,6,8-9,16H2,1-3H3. The van der Waals surface area contributed by atoms with Gasteiger partial charge in [-0.15, -0.1) is 0 Å². The van der Waals surface area contributed by atoms with Crippen molar-refractivity contribution in [3.63, 3.8) is 0 Å². The molecule has 1 saturated carbocycles. The fraction of sp³-hybridized carbons (Fsp3) is 0.733. The number of hydrogen-bond acceptors (Lipinski definition) is 5. The SMILES string of the molecule is CC(C)(C)OC(=O)N1CCC2C(C1)C2(CN)c1ccon1. The van der Waals surface area contributed by atoms with E-state index in [0.29, 0.717) is 24.9 Å². The molecule has 1 aliphatic heterocycles. The second-order valence-corrected chi connectivity index (χ2v) is 7.06. The zero-order chi connectivity index (χ0) is 15.3. The Balaban J connectivity index is 1.71. The number of rotatable bonds is 2. The molecule has 0 spiro atoms. The maximum atomic E-state index is 12.2. The summed E-state index contributed by atoms with van der Waals surface area (Å²) in [5.41, 5.74) is 6.36. The van der Waals surface area contributed by atoms with Crippen LogP contribution in [-0.2, 0) is 10.2 Å². The molecule has 2 N–H and O–H groups in total. The van der Waals surface area contributed by atoms with Gasteiger partial charge in [-0.05, 0) is 39.0 Å². The molecule has 21 heavy (non-hydrogen) atoms. The van der Waals surface area contributed by atoms with Gasteiger partial charge in [-0.25, -0.2) is 4.79 Å². The van der Waals surface area contributed by atoms with Crippen LogP contribution in [0.3, 0.4) is 0 Å². The minimum Gasteiger partial charge on any atom is -0.444 e. The van der Waals surface area contributed by atoms with Gasteiger partial charge in [0.25, 0.3) is 0 Å². The average molecular weight is 293 g/mol. The lowest BCUT2D eigenvalue weighted by Gasteiger charge is -2.29. The van der Waals surface area contributed by atoms with Crippen molar-refractivity contribution in [1.82, 2.24) is 10.1 Å². The number of aromatic nitrogens is 1. The maximum Gasteiger partial charge on any atom is 0.410 e. The van der Waals surface area contributed by atoms with E-state index in [1.807, 2.05) is 26.8 Å². The fourth-order valence-electron chi connectivity index (χ4n) is 3.71. The van der Waals surface area contributed by atoms with Gasteiger partial charge in [0.05, 0.1) is 5.69 Å². The first-order valence-corrected chi connectivity index (χ1v) is 7.47. The van der Waals surface area contributed by atoms with E-state index >= 15 is 0 Å². The van der Waals surface area contributed by atoms with Crippen LogP contribution in [0.5, 0.6) is 0 Å². The number of fused-ring (bicyclic) bond motifs is 1. The van der Waals surface area contributed by atoms with Gasteiger partial charge >= 0.3 is 6.09 Å². The lowest BCUT2D eigenvalue weighted by Crippen LogP contribution is -2.40.